The van der Waals surface area contributed by atoms with E-state index in [0.717, 1.165) is 19.4 Å². The van der Waals surface area contributed by atoms with Crippen molar-refractivity contribution < 1.29 is 9.59 Å². The van der Waals surface area contributed by atoms with E-state index in [1.54, 1.807) is 18.3 Å². The largest absolute Gasteiger partial charge is 0.356 e. The Kier molecular flexibility index (Phi) is 2.97. The minimum atomic E-state index is -0.00673. The Hall–Kier alpha value is -1.91. The minimum absolute atomic E-state index is 0.00673. The van der Waals surface area contributed by atoms with Gasteiger partial charge in [-0.25, -0.2) is 0 Å². The molecule has 0 aliphatic carbocycles. The van der Waals surface area contributed by atoms with Gasteiger partial charge in [0.25, 0.3) is 5.91 Å². The molecule has 0 aromatic carbocycles. The number of nitrogens with one attached hydrogen (secondary N) is 1. The maximum absolute atomic E-state index is 12.2. The van der Waals surface area contributed by atoms with Crippen LogP contribution in [0.3, 0.4) is 0 Å². The Morgan fingerprint density at radius 1 is 1.32 bits per heavy atom. The molecular formula is C14H17N3O2. The van der Waals surface area contributed by atoms with Crippen LogP contribution in [0.1, 0.15) is 29.8 Å². The summed E-state index contributed by atoms with van der Waals surface area (Å²) >= 11 is 0. The highest BCUT2D eigenvalue weighted by Crippen LogP contribution is 2.37. The van der Waals surface area contributed by atoms with Gasteiger partial charge in [-0.15, -0.1) is 0 Å². The van der Waals surface area contributed by atoms with Gasteiger partial charge in [0.05, 0.1) is 0 Å². The lowest BCUT2D eigenvalue weighted by Crippen LogP contribution is -2.44. The lowest BCUT2D eigenvalue weighted by molar-refractivity contribution is -0.119. The predicted molar refractivity (Wildman–Crippen MR) is 69.4 cm³/mol. The van der Waals surface area contributed by atoms with Crippen molar-refractivity contribution in [1.82, 2.24) is 15.2 Å². The number of rotatable bonds is 1. The van der Waals surface area contributed by atoms with Crippen molar-refractivity contribution in [2.24, 2.45) is 5.41 Å². The quantitative estimate of drug-likeness (QED) is 0.812. The molecule has 2 aliphatic heterocycles. The molecule has 100 valence electrons. The number of pyridine rings is 1. The van der Waals surface area contributed by atoms with Crippen LogP contribution in [0.5, 0.6) is 0 Å². The third-order valence-electron chi connectivity index (χ3n) is 4.19. The fourth-order valence-corrected chi connectivity index (χ4v) is 2.94. The molecule has 0 saturated carbocycles. The first kappa shape index (κ1) is 12.1. The van der Waals surface area contributed by atoms with E-state index >= 15 is 0 Å². The zero-order valence-electron chi connectivity index (χ0n) is 10.8. The van der Waals surface area contributed by atoms with Crippen LogP contribution in [-0.4, -0.2) is 41.3 Å². The van der Waals surface area contributed by atoms with Gasteiger partial charge in [-0.1, -0.05) is 6.07 Å². The van der Waals surface area contributed by atoms with Crippen LogP contribution in [-0.2, 0) is 4.79 Å². The fraction of sp³-hybridized carbons (Fsp3) is 0.500. The maximum Gasteiger partial charge on any atom is 0.272 e. The molecule has 0 atom stereocenters. The Bertz CT molecular complexity index is 493. The van der Waals surface area contributed by atoms with E-state index in [1.807, 2.05) is 11.0 Å². The van der Waals surface area contributed by atoms with Crippen molar-refractivity contribution in [3.05, 3.63) is 30.1 Å². The Labute approximate surface area is 112 Å². The SMILES string of the molecule is O=C1CC2(CCN(C(=O)c3ccccn3)CC2)CN1. The average Bonchev–Trinajstić information content (AvgIpc) is 2.81. The van der Waals surface area contributed by atoms with Gasteiger partial charge in [-0.2, -0.15) is 0 Å². The van der Waals surface area contributed by atoms with E-state index in [9.17, 15) is 9.59 Å². The number of hydrogen-bond donors (Lipinski definition) is 1. The van der Waals surface area contributed by atoms with Gasteiger partial charge in [0, 0.05) is 32.3 Å². The van der Waals surface area contributed by atoms with Crippen molar-refractivity contribution in [2.75, 3.05) is 19.6 Å². The maximum atomic E-state index is 12.2. The summed E-state index contributed by atoms with van der Waals surface area (Å²) in [7, 11) is 0. The second-order valence-corrected chi connectivity index (χ2v) is 5.46. The molecule has 0 unspecified atom stereocenters. The minimum Gasteiger partial charge on any atom is -0.356 e. The van der Waals surface area contributed by atoms with E-state index < -0.39 is 0 Å². The normalized spacial score (nSPS) is 21.5. The van der Waals surface area contributed by atoms with E-state index in [4.69, 9.17) is 0 Å². The molecule has 2 aliphatic rings. The van der Waals surface area contributed by atoms with Crippen molar-refractivity contribution in [2.45, 2.75) is 19.3 Å². The number of likely N-dealkylation sites (tertiary alicyclic amines) is 1. The summed E-state index contributed by atoms with van der Waals surface area (Å²) in [5.74, 6) is 0.136. The van der Waals surface area contributed by atoms with E-state index in [-0.39, 0.29) is 17.2 Å². The van der Waals surface area contributed by atoms with Gasteiger partial charge in [0.1, 0.15) is 5.69 Å². The predicted octanol–water partition coefficient (Wildman–Crippen LogP) is 0.824. The van der Waals surface area contributed by atoms with Crippen LogP contribution >= 0.6 is 0 Å². The van der Waals surface area contributed by atoms with Crippen LogP contribution in [0.4, 0.5) is 0 Å². The average molecular weight is 259 g/mol. The monoisotopic (exact) mass is 259 g/mol. The Balaban J connectivity index is 1.64. The molecule has 5 nitrogen and oxygen atoms in total. The number of amides is 2. The molecule has 2 fully saturated rings. The smallest absolute Gasteiger partial charge is 0.272 e. The Morgan fingerprint density at radius 3 is 2.68 bits per heavy atom. The molecule has 2 amide bonds. The number of nitrogens with zero attached hydrogens (tertiary/aromatic N) is 2. The molecule has 2 saturated heterocycles. The zero-order chi connectivity index (χ0) is 13.3. The van der Waals surface area contributed by atoms with Gasteiger partial charge in [-0.3, -0.25) is 14.6 Å². The van der Waals surface area contributed by atoms with E-state index in [1.165, 1.54) is 0 Å². The molecule has 3 rings (SSSR count). The molecule has 5 heteroatoms. The molecule has 19 heavy (non-hydrogen) atoms. The second kappa shape index (κ2) is 4.64. The highest BCUT2D eigenvalue weighted by Gasteiger charge is 2.41. The van der Waals surface area contributed by atoms with Crippen molar-refractivity contribution in [3.63, 3.8) is 0 Å². The summed E-state index contributed by atoms with van der Waals surface area (Å²) in [6.07, 6.45) is 4.03. The lowest BCUT2D eigenvalue weighted by Gasteiger charge is -2.38. The number of carbonyl (C=O) groups is 2. The fourth-order valence-electron chi connectivity index (χ4n) is 2.94. The van der Waals surface area contributed by atoms with Crippen LogP contribution in [0.2, 0.25) is 0 Å². The van der Waals surface area contributed by atoms with Crippen LogP contribution in [0.25, 0.3) is 0 Å². The molecule has 1 spiro atoms. The van der Waals surface area contributed by atoms with Crippen molar-refractivity contribution in [3.8, 4) is 0 Å². The molecule has 0 bridgehead atoms. The van der Waals surface area contributed by atoms with Gasteiger partial charge < -0.3 is 10.2 Å². The first-order valence-corrected chi connectivity index (χ1v) is 6.66. The molecule has 1 N–H and O–H groups in total. The summed E-state index contributed by atoms with van der Waals surface area (Å²) in [5.41, 5.74) is 0.580. The first-order chi connectivity index (χ1) is 9.19. The van der Waals surface area contributed by atoms with E-state index in [2.05, 4.69) is 10.3 Å². The molecule has 0 radical (unpaired) electrons. The second-order valence-electron chi connectivity index (χ2n) is 5.46. The van der Waals surface area contributed by atoms with Crippen LogP contribution < -0.4 is 5.32 Å². The number of piperidine rings is 1. The molecule has 1 aromatic rings. The topological polar surface area (TPSA) is 62.3 Å². The van der Waals surface area contributed by atoms with Crippen LogP contribution in [0.15, 0.2) is 24.4 Å². The standard InChI is InChI=1S/C14H17N3O2/c18-12-9-14(10-16-12)4-7-17(8-5-14)13(19)11-3-1-2-6-15-11/h1-3,6H,4-5,7-10H2,(H,16,18). The highest BCUT2D eigenvalue weighted by molar-refractivity contribution is 5.92. The summed E-state index contributed by atoms with van der Waals surface area (Å²) in [6, 6.07) is 5.37. The van der Waals surface area contributed by atoms with Gasteiger partial charge in [0.2, 0.25) is 5.91 Å². The molecular weight excluding hydrogens is 242 g/mol. The molecule has 3 heterocycles. The lowest BCUT2D eigenvalue weighted by atomic mass is 9.77. The van der Waals surface area contributed by atoms with Gasteiger partial charge in [-0.05, 0) is 30.4 Å². The zero-order valence-corrected chi connectivity index (χ0v) is 10.8. The number of aromatic nitrogens is 1. The van der Waals surface area contributed by atoms with E-state index in [0.29, 0.717) is 25.2 Å². The highest BCUT2D eigenvalue weighted by atomic mass is 16.2. The molecule has 1 aromatic heterocycles. The Morgan fingerprint density at radius 2 is 2.11 bits per heavy atom. The summed E-state index contributed by atoms with van der Waals surface area (Å²) in [6.45, 7) is 2.19. The first-order valence-electron chi connectivity index (χ1n) is 6.66. The summed E-state index contributed by atoms with van der Waals surface area (Å²) in [5, 5.41) is 2.90. The van der Waals surface area contributed by atoms with Gasteiger partial charge in [0.15, 0.2) is 0 Å². The number of carbonyl (C=O) groups excluding carboxylic acids is 2. The third-order valence-corrected chi connectivity index (χ3v) is 4.19. The summed E-state index contributed by atoms with van der Waals surface area (Å²) < 4.78 is 0. The summed E-state index contributed by atoms with van der Waals surface area (Å²) in [4.78, 5) is 29.5. The van der Waals surface area contributed by atoms with Crippen molar-refractivity contribution in [1.29, 1.82) is 0 Å². The van der Waals surface area contributed by atoms with Crippen molar-refractivity contribution >= 4 is 11.8 Å². The number of hydrogen-bond acceptors (Lipinski definition) is 3. The third kappa shape index (κ3) is 2.32. The van der Waals surface area contributed by atoms with Crippen LogP contribution in [0, 0.1) is 5.41 Å². The van der Waals surface area contributed by atoms with Gasteiger partial charge >= 0.3 is 0 Å².